The van der Waals surface area contributed by atoms with Crippen LogP contribution in [0.25, 0.3) is 71.6 Å². The van der Waals surface area contributed by atoms with Crippen molar-refractivity contribution in [3.8, 4) is 39.1 Å². The summed E-state index contributed by atoms with van der Waals surface area (Å²) in [6.45, 7) is 0. The Balaban J connectivity index is 1.18. The summed E-state index contributed by atoms with van der Waals surface area (Å²) in [6, 6.07) is 78.9. The van der Waals surface area contributed by atoms with Crippen LogP contribution in [0.4, 0.5) is 17.1 Å². The van der Waals surface area contributed by atoms with Crippen LogP contribution >= 0.6 is 0 Å². The molecular formula is C52H36N2. The van der Waals surface area contributed by atoms with Crippen molar-refractivity contribution in [2.24, 2.45) is 0 Å². The largest absolute Gasteiger partial charge is 0.310 e. The van der Waals surface area contributed by atoms with Crippen molar-refractivity contribution in [1.29, 1.82) is 0 Å². The van der Waals surface area contributed by atoms with Crippen LogP contribution in [0.15, 0.2) is 218 Å². The van der Waals surface area contributed by atoms with Gasteiger partial charge in [-0.25, -0.2) is 0 Å². The van der Waals surface area contributed by atoms with Gasteiger partial charge in [0.25, 0.3) is 0 Å². The van der Waals surface area contributed by atoms with Crippen molar-refractivity contribution in [3.05, 3.63) is 218 Å². The molecule has 0 saturated carbocycles. The molecule has 0 atom stereocenters. The van der Waals surface area contributed by atoms with Crippen molar-refractivity contribution in [3.63, 3.8) is 0 Å². The molecule has 54 heavy (non-hydrogen) atoms. The molecule has 1 heterocycles. The molecule has 0 radical (unpaired) electrons. The number of benzene rings is 9. The number of para-hydroxylation sites is 3. The summed E-state index contributed by atoms with van der Waals surface area (Å²) >= 11 is 0. The van der Waals surface area contributed by atoms with Gasteiger partial charge in [0.05, 0.1) is 16.7 Å². The Morgan fingerprint density at radius 2 is 0.907 bits per heavy atom. The predicted octanol–water partition coefficient (Wildman–Crippen LogP) is 14.4. The first kappa shape index (κ1) is 31.6. The second-order valence-electron chi connectivity index (χ2n) is 13.8. The zero-order valence-electron chi connectivity index (χ0n) is 29.7. The van der Waals surface area contributed by atoms with Gasteiger partial charge in [-0.3, -0.25) is 0 Å². The summed E-state index contributed by atoms with van der Waals surface area (Å²) in [7, 11) is 0. The van der Waals surface area contributed by atoms with Crippen LogP contribution in [0.1, 0.15) is 0 Å². The molecule has 2 heteroatoms. The van der Waals surface area contributed by atoms with Crippen LogP contribution in [0.2, 0.25) is 0 Å². The molecule has 10 rings (SSSR count). The maximum atomic E-state index is 2.42. The average molecular weight is 689 g/mol. The Bertz CT molecular complexity index is 2940. The third-order valence-electron chi connectivity index (χ3n) is 10.5. The topological polar surface area (TPSA) is 8.17 Å². The fourth-order valence-corrected chi connectivity index (χ4v) is 8.08. The number of aromatic nitrogens is 1. The van der Waals surface area contributed by atoms with Crippen LogP contribution in [-0.2, 0) is 0 Å². The number of rotatable bonds is 7. The Labute approximate surface area is 315 Å². The molecule has 0 unspecified atom stereocenters. The lowest BCUT2D eigenvalue weighted by Gasteiger charge is -2.29. The van der Waals surface area contributed by atoms with Crippen molar-refractivity contribution >= 4 is 49.6 Å². The molecule has 0 fully saturated rings. The van der Waals surface area contributed by atoms with E-state index >= 15 is 0 Å². The van der Waals surface area contributed by atoms with Gasteiger partial charge in [-0.1, -0.05) is 158 Å². The molecule has 1 aromatic heterocycles. The minimum atomic E-state index is 1.09. The fourth-order valence-electron chi connectivity index (χ4n) is 8.08. The standard InChI is InChI=1S/C52H36N2/c1-3-17-38(18-4-1)46-26-9-11-29-49(46)53(44-24-13-20-40(35-44)41-33-32-37-16-7-8-19-39(37)34-41)45-25-14-21-42(36-45)47-28-15-31-51-52(47)48-27-10-12-30-50(48)54(51)43-22-5-2-6-23-43/h1-36H. The maximum Gasteiger partial charge on any atom is 0.0547 e. The highest BCUT2D eigenvalue weighted by Gasteiger charge is 2.20. The van der Waals surface area contributed by atoms with E-state index in [1.165, 1.54) is 66.0 Å². The summed E-state index contributed by atoms with van der Waals surface area (Å²) < 4.78 is 2.39. The van der Waals surface area contributed by atoms with Crippen LogP contribution in [-0.4, -0.2) is 4.57 Å². The molecule has 0 aliphatic carbocycles. The van der Waals surface area contributed by atoms with E-state index in [1.807, 2.05) is 0 Å². The fraction of sp³-hybridized carbons (Fsp3) is 0. The van der Waals surface area contributed by atoms with Crippen molar-refractivity contribution in [2.45, 2.75) is 0 Å². The molecular weight excluding hydrogens is 653 g/mol. The Hall–Kier alpha value is -7.16. The number of anilines is 3. The summed E-state index contributed by atoms with van der Waals surface area (Å²) in [4.78, 5) is 2.42. The third-order valence-corrected chi connectivity index (χ3v) is 10.5. The first-order valence-electron chi connectivity index (χ1n) is 18.5. The molecule has 254 valence electrons. The number of hydrogen-bond acceptors (Lipinski definition) is 1. The normalized spacial score (nSPS) is 11.3. The average Bonchev–Trinajstić information content (AvgIpc) is 3.59. The minimum absolute atomic E-state index is 1.09. The summed E-state index contributed by atoms with van der Waals surface area (Å²) in [6.07, 6.45) is 0. The molecule has 0 bridgehead atoms. The van der Waals surface area contributed by atoms with Gasteiger partial charge in [-0.2, -0.15) is 0 Å². The van der Waals surface area contributed by atoms with Gasteiger partial charge in [0, 0.05) is 33.4 Å². The zero-order valence-corrected chi connectivity index (χ0v) is 29.7. The summed E-state index contributed by atoms with van der Waals surface area (Å²) in [5.41, 5.74) is 14.0. The van der Waals surface area contributed by atoms with Gasteiger partial charge in [-0.05, 0) is 99.3 Å². The monoisotopic (exact) mass is 688 g/mol. The lowest BCUT2D eigenvalue weighted by atomic mass is 9.97. The Morgan fingerprint density at radius 3 is 1.74 bits per heavy atom. The molecule has 0 aliphatic rings. The van der Waals surface area contributed by atoms with Crippen LogP contribution < -0.4 is 4.90 Å². The second kappa shape index (κ2) is 13.4. The molecule has 10 aromatic rings. The van der Waals surface area contributed by atoms with Gasteiger partial charge in [0.1, 0.15) is 0 Å². The maximum absolute atomic E-state index is 2.42. The molecule has 2 nitrogen and oxygen atoms in total. The SMILES string of the molecule is c1ccc(-c2ccccc2N(c2cccc(-c3ccc4ccccc4c3)c2)c2cccc(-c3cccc4c3c3ccccc3n4-c3ccccc3)c2)cc1. The predicted molar refractivity (Wildman–Crippen MR) is 229 cm³/mol. The van der Waals surface area contributed by atoms with Crippen LogP contribution in [0.3, 0.4) is 0 Å². The lowest BCUT2D eigenvalue weighted by molar-refractivity contribution is 1.18. The molecule has 0 N–H and O–H groups in total. The van der Waals surface area contributed by atoms with Crippen LogP contribution in [0.5, 0.6) is 0 Å². The molecule has 9 aromatic carbocycles. The highest BCUT2D eigenvalue weighted by molar-refractivity contribution is 6.16. The molecule has 0 aliphatic heterocycles. The summed E-state index contributed by atoms with van der Waals surface area (Å²) in [5.74, 6) is 0. The van der Waals surface area contributed by atoms with E-state index in [2.05, 4.69) is 228 Å². The van der Waals surface area contributed by atoms with Gasteiger partial charge < -0.3 is 9.47 Å². The van der Waals surface area contributed by atoms with E-state index in [0.29, 0.717) is 0 Å². The number of nitrogens with zero attached hydrogens (tertiary/aromatic N) is 2. The van der Waals surface area contributed by atoms with Crippen molar-refractivity contribution < 1.29 is 0 Å². The number of fused-ring (bicyclic) bond motifs is 4. The van der Waals surface area contributed by atoms with Crippen LogP contribution in [0, 0.1) is 0 Å². The summed E-state index contributed by atoms with van der Waals surface area (Å²) in [5, 5.41) is 4.98. The van der Waals surface area contributed by atoms with E-state index in [-0.39, 0.29) is 0 Å². The van der Waals surface area contributed by atoms with Crippen molar-refractivity contribution in [1.82, 2.24) is 4.57 Å². The Morgan fingerprint density at radius 1 is 0.333 bits per heavy atom. The smallest absolute Gasteiger partial charge is 0.0547 e. The number of hydrogen-bond donors (Lipinski definition) is 0. The molecule has 0 spiro atoms. The van der Waals surface area contributed by atoms with E-state index in [9.17, 15) is 0 Å². The van der Waals surface area contributed by atoms with Gasteiger partial charge in [-0.15, -0.1) is 0 Å². The zero-order chi connectivity index (χ0) is 35.8. The Kier molecular flexibility index (Phi) is 7.85. The second-order valence-corrected chi connectivity index (χ2v) is 13.8. The molecule has 0 saturated heterocycles. The quantitative estimate of drug-likeness (QED) is 0.162. The van der Waals surface area contributed by atoms with E-state index in [1.54, 1.807) is 0 Å². The van der Waals surface area contributed by atoms with E-state index < -0.39 is 0 Å². The highest BCUT2D eigenvalue weighted by Crippen LogP contribution is 2.44. The van der Waals surface area contributed by atoms with Gasteiger partial charge in [0.2, 0.25) is 0 Å². The van der Waals surface area contributed by atoms with E-state index in [4.69, 9.17) is 0 Å². The van der Waals surface area contributed by atoms with Gasteiger partial charge in [0.15, 0.2) is 0 Å². The van der Waals surface area contributed by atoms with Gasteiger partial charge >= 0.3 is 0 Å². The highest BCUT2D eigenvalue weighted by atomic mass is 15.1. The third kappa shape index (κ3) is 5.53. The lowest BCUT2D eigenvalue weighted by Crippen LogP contribution is -2.11. The van der Waals surface area contributed by atoms with Crippen molar-refractivity contribution in [2.75, 3.05) is 4.90 Å². The minimum Gasteiger partial charge on any atom is -0.310 e. The first-order chi connectivity index (χ1) is 26.8. The first-order valence-corrected chi connectivity index (χ1v) is 18.5. The van der Waals surface area contributed by atoms with E-state index in [0.717, 1.165) is 22.7 Å². The molecule has 0 amide bonds.